The fraction of sp³-hybridized carbons (Fsp3) is 0.615. The molecule has 0 bridgehead atoms. The largest absolute Gasteiger partial charge is 0.337 e. The van der Waals surface area contributed by atoms with Gasteiger partial charge in [-0.05, 0) is 52.7 Å². The van der Waals surface area contributed by atoms with Crippen LogP contribution in [0.4, 0.5) is 0 Å². The molecule has 1 aliphatic heterocycles. The highest BCUT2D eigenvalue weighted by molar-refractivity contribution is 9.11. The van der Waals surface area contributed by atoms with Crippen LogP contribution in [0.15, 0.2) is 15.9 Å². The number of carbonyl (C=O) groups is 1. The van der Waals surface area contributed by atoms with Gasteiger partial charge in [-0.15, -0.1) is 11.3 Å². The number of fused-ring (bicyclic) bond motifs is 1. The zero-order valence-electron chi connectivity index (χ0n) is 10.1. The minimum atomic E-state index is 0.173. The number of hydrogen-bond donors (Lipinski definition) is 1. The Bertz CT molecular complexity index is 462. The van der Waals surface area contributed by atoms with Crippen molar-refractivity contribution in [1.29, 1.82) is 0 Å². The molecule has 98 valence electrons. The van der Waals surface area contributed by atoms with Gasteiger partial charge in [-0.25, -0.2) is 0 Å². The summed E-state index contributed by atoms with van der Waals surface area (Å²) in [6, 6.07) is 4.13. The smallest absolute Gasteiger partial charge is 0.263 e. The first-order chi connectivity index (χ1) is 8.65. The molecule has 1 aromatic rings. The van der Waals surface area contributed by atoms with Crippen LogP contribution >= 0.6 is 27.3 Å². The van der Waals surface area contributed by atoms with Crippen molar-refractivity contribution < 1.29 is 4.79 Å². The van der Waals surface area contributed by atoms with E-state index in [1.54, 1.807) is 0 Å². The molecular weight excluding hydrogens is 312 g/mol. The van der Waals surface area contributed by atoms with Crippen molar-refractivity contribution in [1.82, 2.24) is 4.90 Å². The maximum absolute atomic E-state index is 12.4. The average Bonchev–Trinajstić information content (AvgIpc) is 2.95. The van der Waals surface area contributed by atoms with E-state index in [1.165, 1.54) is 24.2 Å². The van der Waals surface area contributed by atoms with Crippen molar-refractivity contribution in [2.75, 3.05) is 13.1 Å². The summed E-state index contributed by atoms with van der Waals surface area (Å²) in [5.74, 6) is 1.32. The van der Waals surface area contributed by atoms with Crippen LogP contribution in [0.1, 0.15) is 28.9 Å². The monoisotopic (exact) mass is 328 g/mol. The molecular formula is C13H17BrN2OS. The number of nitrogens with zero attached hydrogens (tertiary/aromatic N) is 1. The van der Waals surface area contributed by atoms with E-state index in [0.717, 1.165) is 28.2 Å². The van der Waals surface area contributed by atoms with Crippen molar-refractivity contribution in [3.05, 3.63) is 20.8 Å². The molecule has 1 aromatic heterocycles. The van der Waals surface area contributed by atoms with Crippen LogP contribution in [-0.4, -0.2) is 29.9 Å². The third kappa shape index (κ3) is 2.24. The van der Waals surface area contributed by atoms with E-state index in [1.807, 2.05) is 17.0 Å². The van der Waals surface area contributed by atoms with E-state index in [9.17, 15) is 4.79 Å². The topological polar surface area (TPSA) is 46.3 Å². The van der Waals surface area contributed by atoms with Crippen LogP contribution in [-0.2, 0) is 0 Å². The van der Waals surface area contributed by atoms with Crippen molar-refractivity contribution >= 4 is 33.2 Å². The van der Waals surface area contributed by atoms with Crippen LogP contribution in [0.3, 0.4) is 0 Å². The summed E-state index contributed by atoms with van der Waals surface area (Å²) >= 11 is 4.92. The molecule has 18 heavy (non-hydrogen) atoms. The van der Waals surface area contributed by atoms with Crippen LogP contribution in [0.2, 0.25) is 0 Å². The number of thiophene rings is 1. The maximum atomic E-state index is 12.4. The minimum absolute atomic E-state index is 0.173. The van der Waals surface area contributed by atoms with Gasteiger partial charge in [-0.2, -0.15) is 0 Å². The molecule has 0 radical (unpaired) electrons. The van der Waals surface area contributed by atoms with E-state index in [4.69, 9.17) is 5.73 Å². The number of rotatable bonds is 1. The van der Waals surface area contributed by atoms with Gasteiger partial charge >= 0.3 is 0 Å². The normalized spacial score (nSPS) is 31.4. The number of likely N-dealkylation sites (tertiary alicyclic amines) is 1. The molecule has 1 amide bonds. The Balaban J connectivity index is 1.73. The molecule has 3 nitrogen and oxygen atoms in total. The van der Waals surface area contributed by atoms with Crippen LogP contribution in [0.25, 0.3) is 0 Å². The van der Waals surface area contributed by atoms with Crippen molar-refractivity contribution in [2.45, 2.75) is 25.3 Å². The Kier molecular flexibility index (Phi) is 3.47. The first-order valence-electron chi connectivity index (χ1n) is 6.45. The number of hydrogen-bond acceptors (Lipinski definition) is 3. The zero-order chi connectivity index (χ0) is 12.7. The highest BCUT2D eigenvalue weighted by Gasteiger charge is 2.40. The lowest BCUT2D eigenvalue weighted by Gasteiger charge is -2.29. The Hall–Kier alpha value is -0.390. The molecule has 2 aliphatic rings. The number of amides is 1. The number of nitrogens with two attached hydrogens (primary N) is 1. The van der Waals surface area contributed by atoms with Gasteiger partial charge < -0.3 is 10.6 Å². The molecule has 1 saturated carbocycles. The summed E-state index contributed by atoms with van der Waals surface area (Å²) in [6.45, 7) is 1.74. The van der Waals surface area contributed by atoms with Crippen LogP contribution < -0.4 is 5.73 Å². The van der Waals surface area contributed by atoms with Crippen LogP contribution in [0, 0.1) is 11.8 Å². The van der Waals surface area contributed by atoms with Gasteiger partial charge in [0.05, 0.1) is 8.66 Å². The first-order valence-corrected chi connectivity index (χ1v) is 8.06. The summed E-state index contributed by atoms with van der Waals surface area (Å²) in [6.07, 6.45) is 3.57. The molecule has 3 unspecified atom stereocenters. The van der Waals surface area contributed by atoms with E-state index >= 15 is 0 Å². The molecule has 2 heterocycles. The third-order valence-corrected chi connectivity index (χ3v) is 5.84. The van der Waals surface area contributed by atoms with Gasteiger partial charge in [-0.3, -0.25) is 4.79 Å². The second kappa shape index (κ2) is 4.94. The maximum Gasteiger partial charge on any atom is 0.263 e. The quantitative estimate of drug-likeness (QED) is 0.861. The second-order valence-electron chi connectivity index (χ2n) is 5.33. The summed E-state index contributed by atoms with van der Waals surface area (Å²) in [7, 11) is 0. The van der Waals surface area contributed by atoms with Crippen molar-refractivity contribution in [3.8, 4) is 0 Å². The fourth-order valence-corrected chi connectivity index (χ4v) is 4.62. The average molecular weight is 329 g/mol. The molecule has 2 fully saturated rings. The standard InChI is InChI=1S/C13H17BrN2OS/c14-12-5-4-11(18-12)13(17)16-6-8-2-1-3-10(15)9(8)7-16/h4-5,8-10H,1-3,6-7,15H2. The molecule has 1 saturated heterocycles. The first kappa shape index (κ1) is 12.6. The van der Waals surface area contributed by atoms with Crippen molar-refractivity contribution in [3.63, 3.8) is 0 Å². The Morgan fingerprint density at radius 2 is 2.22 bits per heavy atom. The Morgan fingerprint density at radius 3 is 2.89 bits per heavy atom. The van der Waals surface area contributed by atoms with Gasteiger partial charge in [0.15, 0.2) is 0 Å². The minimum Gasteiger partial charge on any atom is -0.337 e. The Labute approximate surface area is 119 Å². The summed E-state index contributed by atoms with van der Waals surface area (Å²) in [5.41, 5.74) is 6.18. The van der Waals surface area contributed by atoms with Gasteiger partial charge in [-0.1, -0.05) is 6.42 Å². The third-order valence-electron chi connectivity index (χ3n) is 4.23. The Morgan fingerprint density at radius 1 is 1.39 bits per heavy atom. The lowest BCUT2D eigenvalue weighted by Crippen LogP contribution is -2.38. The van der Waals surface area contributed by atoms with Crippen molar-refractivity contribution in [2.24, 2.45) is 17.6 Å². The van der Waals surface area contributed by atoms with E-state index < -0.39 is 0 Å². The molecule has 0 spiro atoms. The number of carbonyl (C=O) groups excluding carboxylic acids is 1. The SMILES string of the molecule is NC1CCCC2CN(C(=O)c3ccc(Br)s3)CC12. The second-order valence-corrected chi connectivity index (χ2v) is 7.80. The zero-order valence-corrected chi connectivity index (χ0v) is 12.5. The van der Waals surface area contributed by atoms with Gasteiger partial charge in [0, 0.05) is 19.1 Å². The lowest BCUT2D eigenvalue weighted by molar-refractivity contribution is 0.0788. The summed E-state index contributed by atoms with van der Waals surface area (Å²) < 4.78 is 1.01. The highest BCUT2D eigenvalue weighted by atomic mass is 79.9. The summed E-state index contributed by atoms with van der Waals surface area (Å²) in [5, 5.41) is 0. The highest BCUT2D eigenvalue weighted by Crippen LogP contribution is 2.36. The number of halogens is 1. The van der Waals surface area contributed by atoms with E-state index in [0.29, 0.717) is 11.8 Å². The summed E-state index contributed by atoms with van der Waals surface area (Å²) in [4.78, 5) is 15.2. The van der Waals surface area contributed by atoms with E-state index in [-0.39, 0.29) is 11.9 Å². The molecule has 3 rings (SSSR count). The fourth-order valence-electron chi connectivity index (χ4n) is 3.27. The molecule has 3 atom stereocenters. The molecule has 0 aromatic carbocycles. The predicted molar refractivity (Wildman–Crippen MR) is 76.7 cm³/mol. The molecule has 1 aliphatic carbocycles. The van der Waals surface area contributed by atoms with Crippen LogP contribution in [0.5, 0.6) is 0 Å². The van der Waals surface area contributed by atoms with Gasteiger partial charge in [0.1, 0.15) is 0 Å². The van der Waals surface area contributed by atoms with Gasteiger partial charge in [0.2, 0.25) is 0 Å². The lowest BCUT2D eigenvalue weighted by atomic mass is 9.78. The van der Waals surface area contributed by atoms with Gasteiger partial charge in [0.25, 0.3) is 5.91 Å². The predicted octanol–water partition coefficient (Wildman–Crippen LogP) is 2.71. The molecule has 2 N–H and O–H groups in total. The van der Waals surface area contributed by atoms with E-state index in [2.05, 4.69) is 15.9 Å². The molecule has 5 heteroatoms.